The van der Waals surface area contributed by atoms with Gasteiger partial charge in [0.25, 0.3) is 0 Å². The standard InChI is InChI=1S/C14H20N2O3/c1-18-14(17)10-19-13-6-4-11(5-7-13)16-12-3-2-8-15-9-12/h4-7,12,15-16H,2-3,8-10H2,1H3. The fraction of sp³-hybridized carbons (Fsp3) is 0.500. The van der Waals surface area contributed by atoms with Crippen LogP contribution in [-0.2, 0) is 9.53 Å². The van der Waals surface area contributed by atoms with Crippen molar-refractivity contribution < 1.29 is 14.3 Å². The molecule has 1 aromatic rings. The lowest BCUT2D eigenvalue weighted by Gasteiger charge is -2.24. The van der Waals surface area contributed by atoms with Crippen LogP contribution < -0.4 is 15.4 Å². The third kappa shape index (κ3) is 4.44. The Bertz CT molecular complexity index is 400. The van der Waals surface area contributed by atoms with Gasteiger partial charge >= 0.3 is 5.97 Å². The molecule has 0 bridgehead atoms. The highest BCUT2D eigenvalue weighted by molar-refractivity contribution is 5.70. The van der Waals surface area contributed by atoms with Crippen LogP contribution in [0.5, 0.6) is 5.75 Å². The number of ether oxygens (including phenoxy) is 2. The third-order valence-corrected chi connectivity index (χ3v) is 3.11. The maximum Gasteiger partial charge on any atom is 0.343 e. The van der Waals surface area contributed by atoms with Gasteiger partial charge in [-0.2, -0.15) is 0 Å². The highest BCUT2D eigenvalue weighted by Gasteiger charge is 2.12. The first kappa shape index (κ1) is 13.7. The quantitative estimate of drug-likeness (QED) is 0.787. The van der Waals surface area contributed by atoms with Crippen molar-refractivity contribution in [3.8, 4) is 5.75 Å². The Kier molecular flexibility index (Phi) is 5.03. The summed E-state index contributed by atoms with van der Waals surface area (Å²) in [7, 11) is 1.34. The van der Waals surface area contributed by atoms with E-state index in [1.54, 1.807) is 0 Å². The number of rotatable bonds is 5. The first-order valence-corrected chi connectivity index (χ1v) is 6.55. The fourth-order valence-electron chi connectivity index (χ4n) is 2.06. The Morgan fingerprint density at radius 2 is 2.21 bits per heavy atom. The molecule has 2 rings (SSSR count). The van der Waals surface area contributed by atoms with E-state index in [0.717, 1.165) is 18.8 Å². The summed E-state index contributed by atoms with van der Waals surface area (Å²) in [5.74, 6) is 0.285. The van der Waals surface area contributed by atoms with Crippen LogP contribution in [0.25, 0.3) is 0 Å². The zero-order valence-electron chi connectivity index (χ0n) is 11.1. The van der Waals surface area contributed by atoms with Crippen LogP contribution in [0.3, 0.4) is 0 Å². The number of nitrogens with one attached hydrogen (secondary N) is 2. The molecule has 1 aliphatic heterocycles. The highest BCUT2D eigenvalue weighted by atomic mass is 16.6. The lowest BCUT2D eigenvalue weighted by molar-refractivity contribution is -0.142. The van der Waals surface area contributed by atoms with Crippen LogP contribution in [0.2, 0.25) is 0 Å². The largest absolute Gasteiger partial charge is 0.482 e. The minimum absolute atomic E-state index is 0.0597. The van der Waals surface area contributed by atoms with Crippen molar-refractivity contribution >= 4 is 11.7 Å². The SMILES string of the molecule is COC(=O)COc1ccc(NC2CCCNC2)cc1. The zero-order chi connectivity index (χ0) is 13.5. The molecule has 104 valence electrons. The fourth-order valence-corrected chi connectivity index (χ4v) is 2.06. The number of methoxy groups -OCH3 is 1. The van der Waals surface area contributed by atoms with E-state index in [4.69, 9.17) is 4.74 Å². The molecular formula is C14H20N2O3. The van der Waals surface area contributed by atoms with Gasteiger partial charge in [0.15, 0.2) is 6.61 Å². The molecule has 1 heterocycles. The van der Waals surface area contributed by atoms with E-state index >= 15 is 0 Å². The first-order valence-electron chi connectivity index (χ1n) is 6.55. The van der Waals surface area contributed by atoms with Crippen molar-refractivity contribution in [2.24, 2.45) is 0 Å². The van der Waals surface area contributed by atoms with E-state index in [9.17, 15) is 4.79 Å². The number of hydrogen-bond acceptors (Lipinski definition) is 5. The summed E-state index contributed by atoms with van der Waals surface area (Å²) in [4.78, 5) is 10.9. The molecule has 2 N–H and O–H groups in total. The predicted molar refractivity (Wildman–Crippen MR) is 73.5 cm³/mol. The average molecular weight is 264 g/mol. The van der Waals surface area contributed by atoms with Crippen LogP contribution >= 0.6 is 0 Å². The van der Waals surface area contributed by atoms with Gasteiger partial charge in [0, 0.05) is 18.3 Å². The van der Waals surface area contributed by atoms with Crippen molar-refractivity contribution in [2.75, 3.05) is 32.1 Å². The molecule has 1 aromatic carbocycles. The predicted octanol–water partition coefficient (Wildman–Crippen LogP) is 1.40. The maximum absolute atomic E-state index is 10.9. The summed E-state index contributed by atoms with van der Waals surface area (Å²) in [6, 6.07) is 8.10. The Morgan fingerprint density at radius 1 is 1.42 bits per heavy atom. The number of hydrogen-bond donors (Lipinski definition) is 2. The Morgan fingerprint density at radius 3 is 2.84 bits per heavy atom. The first-order chi connectivity index (χ1) is 9.28. The summed E-state index contributed by atoms with van der Waals surface area (Å²) < 4.78 is 9.80. The molecule has 1 atom stereocenters. The second kappa shape index (κ2) is 6.99. The molecule has 0 amide bonds. The molecule has 0 saturated carbocycles. The summed E-state index contributed by atoms with van der Waals surface area (Å²) in [6.45, 7) is 2.05. The van der Waals surface area contributed by atoms with Crippen LogP contribution in [0.15, 0.2) is 24.3 Å². The van der Waals surface area contributed by atoms with E-state index in [1.165, 1.54) is 20.0 Å². The highest BCUT2D eigenvalue weighted by Crippen LogP contribution is 2.17. The second-order valence-electron chi connectivity index (χ2n) is 4.58. The van der Waals surface area contributed by atoms with E-state index < -0.39 is 0 Å². The van der Waals surface area contributed by atoms with Crippen molar-refractivity contribution in [2.45, 2.75) is 18.9 Å². The van der Waals surface area contributed by atoms with Gasteiger partial charge in [-0.3, -0.25) is 0 Å². The topological polar surface area (TPSA) is 59.6 Å². The molecule has 0 spiro atoms. The monoisotopic (exact) mass is 264 g/mol. The minimum atomic E-state index is -0.379. The number of piperidine rings is 1. The molecule has 19 heavy (non-hydrogen) atoms. The summed E-state index contributed by atoms with van der Waals surface area (Å²) >= 11 is 0. The average Bonchev–Trinajstić information content (AvgIpc) is 2.47. The third-order valence-electron chi connectivity index (χ3n) is 3.11. The van der Waals surface area contributed by atoms with Gasteiger partial charge in [-0.15, -0.1) is 0 Å². The van der Waals surface area contributed by atoms with Crippen LogP contribution in [0.1, 0.15) is 12.8 Å². The summed E-state index contributed by atoms with van der Waals surface area (Å²) in [6.07, 6.45) is 2.39. The maximum atomic E-state index is 10.9. The second-order valence-corrected chi connectivity index (χ2v) is 4.58. The summed E-state index contributed by atoms with van der Waals surface area (Å²) in [5, 5.41) is 6.84. The normalized spacial score (nSPS) is 18.7. The van der Waals surface area contributed by atoms with Crippen molar-refractivity contribution in [1.82, 2.24) is 5.32 Å². The van der Waals surface area contributed by atoms with Gasteiger partial charge in [0.1, 0.15) is 5.75 Å². The summed E-state index contributed by atoms with van der Waals surface area (Å²) in [5.41, 5.74) is 1.07. The van der Waals surface area contributed by atoms with E-state index in [2.05, 4.69) is 15.4 Å². The minimum Gasteiger partial charge on any atom is -0.482 e. The van der Waals surface area contributed by atoms with Crippen molar-refractivity contribution in [3.05, 3.63) is 24.3 Å². The van der Waals surface area contributed by atoms with E-state index in [1.807, 2.05) is 24.3 Å². The number of carbonyl (C=O) groups excluding carboxylic acids is 1. The van der Waals surface area contributed by atoms with Crippen molar-refractivity contribution in [3.63, 3.8) is 0 Å². The molecule has 5 heteroatoms. The van der Waals surface area contributed by atoms with Crippen LogP contribution in [0.4, 0.5) is 5.69 Å². The van der Waals surface area contributed by atoms with Gasteiger partial charge in [-0.05, 0) is 43.7 Å². The molecule has 1 saturated heterocycles. The molecule has 1 fully saturated rings. The van der Waals surface area contributed by atoms with E-state index in [0.29, 0.717) is 11.8 Å². The van der Waals surface area contributed by atoms with Gasteiger partial charge in [0.2, 0.25) is 0 Å². The molecule has 0 aliphatic carbocycles. The molecular weight excluding hydrogens is 244 g/mol. The lowest BCUT2D eigenvalue weighted by atomic mass is 10.1. The molecule has 1 aliphatic rings. The van der Waals surface area contributed by atoms with Gasteiger partial charge in [0.05, 0.1) is 7.11 Å². The smallest absolute Gasteiger partial charge is 0.343 e. The number of carbonyl (C=O) groups is 1. The number of esters is 1. The number of anilines is 1. The molecule has 5 nitrogen and oxygen atoms in total. The van der Waals surface area contributed by atoms with Gasteiger partial charge in [-0.25, -0.2) is 4.79 Å². The number of benzene rings is 1. The molecule has 0 radical (unpaired) electrons. The van der Waals surface area contributed by atoms with Crippen LogP contribution in [0, 0.1) is 0 Å². The van der Waals surface area contributed by atoms with Crippen molar-refractivity contribution in [1.29, 1.82) is 0 Å². The van der Waals surface area contributed by atoms with Gasteiger partial charge < -0.3 is 20.1 Å². The van der Waals surface area contributed by atoms with Crippen LogP contribution in [-0.4, -0.2) is 38.8 Å². The lowest BCUT2D eigenvalue weighted by Crippen LogP contribution is -2.38. The Balaban J connectivity index is 1.82. The van der Waals surface area contributed by atoms with Gasteiger partial charge in [-0.1, -0.05) is 0 Å². The Labute approximate surface area is 113 Å². The Hall–Kier alpha value is -1.75. The van der Waals surface area contributed by atoms with E-state index in [-0.39, 0.29) is 12.6 Å². The zero-order valence-corrected chi connectivity index (χ0v) is 11.1. The molecule has 1 unspecified atom stereocenters. The molecule has 0 aromatic heterocycles.